The maximum Gasteiger partial charge on any atom is 0.165 e. The fraction of sp³-hybridized carbons (Fsp3) is 0.625. The lowest BCUT2D eigenvalue weighted by Crippen LogP contribution is -3.15. The molecule has 1 aliphatic heterocycles. The number of para-hydroxylation sites is 1. The molecule has 1 fully saturated rings. The molecule has 1 aromatic carbocycles. The second-order valence-corrected chi connectivity index (χ2v) is 5.56. The van der Waals surface area contributed by atoms with Crippen molar-refractivity contribution in [2.24, 2.45) is 0 Å². The summed E-state index contributed by atoms with van der Waals surface area (Å²) in [5, 5.41) is 0. The molecule has 0 aliphatic carbocycles. The van der Waals surface area contributed by atoms with Crippen molar-refractivity contribution in [3.8, 4) is 5.75 Å². The van der Waals surface area contributed by atoms with E-state index in [9.17, 15) is 4.39 Å². The Labute approximate surface area is 125 Å². The molecule has 0 amide bonds. The molecule has 0 aromatic heterocycles. The predicted octanol–water partition coefficient (Wildman–Crippen LogP) is 0.913. The summed E-state index contributed by atoms with van der Waals surface area (Å²) < 4.78 is 29.9. The molecule has 21 heavy (non-hydrogen) atoms. The van der Waals surface area contributed by atoms with Gasteiger partial charge >= 0.3 is 0 Å². The molecule has 4 nitrogen and oxygen atoms in total. The third-order valence-corrected chi connectivity index (χ3v) is 3.54. The van der Waals surface area contributed by atoms with Crippen LogP contribution in [0.4, 0.5) is 4.39 Å². The van der Waals surface area contributed by atoms with Crippen LogP contribution in [-0.4, -0.2) is 51.7 Å². The number of hydrogen-bond donors (Lipinski definition) is 1. The molecule has 2 rings (SSSR count). The summed E-state index contributed by atoms with van der Waals surface area (Å²) in [6.45, 7) is 8.78. The van der Waals surface area contributed by atoms with E-state index in [1.165, 1.54) is 11.0 Å². The summed E-state index contributed by atoms with van der Waals surface area (Å²) in [6, 6.07) is 6.41. The number of morpholine rings is 1. The zero-order chi connectivity index (χ0) is 15.1. The maximum absolute atomic E-state index is 13.3. The van der Waals surface area contributed by atoms with E-state index in [0.29, 0.717) is 32.0 Å². The van der Waals surface area contributed by atoms with Crippen molar-refractivity contribution in [1.82, 2.24) is 0 Å². The van der Waals surface area contributed by atoms with Crippen molar-refractivity contribution in [1.29, 1.82) is 0 Å². The molecule has 2 atom stereocenters. The molecule has 0 bridgehead atoms. The Bertz CT molecular complexity index is 420. The minimum Gasteiger partial charge on any atom is -0.488 e. The molecule has 118 valence electrons. The van der Waals surface area contributed by atoms with Gasteiger partial charge in [-0.25, -0.2) is 4.39 Å². The first-order valence-electron chi connectivity index (χ1n) is 7.59. The van der Waals surface area contributed by atoms with Crippen molar-refractivity contribution < 1.29 is 23.5 Å². The molecular formula is C16H25FNO3+. The first kappa shape index (κ1) is 16.2. The van der Waals surface area contributed by atoms with Gasteiger partial charge in [0.1, 0.15) is 38.4 Å². The van der Waals surface area contributed by atoms with Gasteiger partial charge in [-0.1, -0.05) is 12.1 Å². The Morgan fingerprint density at radius 3 is 2.57 bits per heavy atom. The van der Waals surface area contributed by atoms with Crippen LogP contribution in [0.2, 0.25) is 0 Å². The number of rotatable bonds is 7. The van der Waals surface area contributed by atoms with Crippen LogP contribution in [-0.2, 0) is 9.47 Å². The van der Waals surface area contributed by atoms with Crippen LogP contribution in [0.15, 0.2) is 24.3 Å². The number of ether oxygens (including phenoxy) is 3. The van der Waals surface area contributed by atoms with Gasteiger partial charge < -0.3 is 19.1 Å². The van der Waals surface area contributed by atoms with Crippen molar-refractivity contribution >= 4 is 0 Å². The monoisotopic (exact) mass is 298 g/mol. The Morgan fingerprint density at radius 1 is 1.14 bits per heavy atom. The quantitative estimate of drug-likeness (QED) is 0.760. The number of benzene rings is 1. The van der Waals surface area contributed by atoms with Crippen LogP contribution in [0.5, 0.6) is 5.75 Å². The summed E-state index contributed by atoms with van der Waals surface area (Å²) in [6.07, 6.45) is 0.626. The molecule has 0 saturated carbocycles. The van der Waals surface area contributed by atoms with Crippen molar-refractivity contribution in [3.05, 3.63) is 30.1 Å². The standard InChI is InChI=1S/C16H24FNO3/c1-13-11-18(12-14(2)21-13)7-8-19-9-10-20-16-6-4-3-5-15(16)17/h3-6,13-14H,7-12H2,1-2H3/p+1/t13-,14-/m1/s1. The first-order valence-corrected chi connectivity index (χ1v) is 7.59. The Hall–Kier alpha value is -1.17. The number of nitrogens with one attached hydrogen (secondary N) is 1. The van der Waals surface area contributed by atoms with Crippen molar-refractivity contribution in [2.75, 3.05) is 39.5 Å². The normalized spacial score (nSPS) is 25.8. The van der Waals surface area contributed by atoms with Gasteiger partial charge in [-0.15, -0.1) is 0 Å². The van der Waals surface area contributed by atoms with E-state index in [1.807, 2.05) is 0 Å². The highest BCUT2D eigenvalue weighted by Crippen LogP contribution is 2.14. The highest BCUT2D eigenvalue weighted by atomic mass is 19.1. The average molecular weight is 298 g/mol. The zero-order valence-electron chi connectivity index (χ0n) is 12.8. The first-order chi connectivity index (χ1) is 10.1. The van der Waals surface area contributed by atoms with Gasteiger partial charge in [-0.05, 0) is 26.0 Å². The van der Waals surface area contributed by atoms with E-state index in [0.717, 1.165) is 19.6 Å². The third-order valence-electron chi connectivity index (χ3n) is 3.54. The van der Waals surface area contributed by atoms with Gasteiger partial charge in [0, 0.05) is 0 Å². The van der Waals surface area contributed by atoms with E-state index in [-0.39, 0.29) is 11.6 Å². The van der Waals surface area contributed by atoms with Crippen LogP contribution in [0, 0.1) is 5.82 Å². The fourth-order valence-electron chi connectivity index (χ4n) is 2.68. The van der Waals surface area contributed by atoms with E-state index in [2.05, 4.69) is 13.8 Å². The molecule has 1 N–H and O–H groups in total. The van der Waals surface area contributed by atoms with Crippen LogP contribution >= 0.6 is 0 Å². The second-order valence-electron chi connectivity index (χ2n) is 5.56. The lowest BCUT2D eigenvalue weighted by atomic mass is 10.2. The molecular weight excluding hydrogens is 273 g/mol. The smallest absolute Gasteiger partial charge is 0.165 e. The molecule has 1 heterocycles. The summed E-state index contributed by atoms with van der Waals surface area (Å²) in [7, 11) is 0. The summed E-state index contributed by atoms with van der Waals surface area (Å²) >= 11 is 0. The minimum atomic E-state index is -0.335. The third kappa shape index (κ3) is 5.61. The fourth-order valence-corrected chi connectivity index (χ4v) is 2.68. The summed E-state index contributed by atoms with van der Waals surface area (Å²) in [5.41, 5.74) is 0. The maximum atomic E-state index is 13.3. The Kier molecular flexibility index (Phi) is 6.42. The highest BCUT2D eigenvalue weighted by molar-refractivity contribution is 5.23. The van der Waals surface area contributed by atoms with Crippen molar-refractivity contribution in [3.63, 3.8) is 0 Å². The number of quaternary nitrogens is 1. The molecule has 1 aliphatic rings. The topological polar surface area (TPSA) is 32.1 Å². The summed E-state index contributed by atoms with van der Waals surface area (Å²) in [5.74, 6) is -0.0548. The van der Waals surface area contributed by atoms with Gasteiger partial charge in [-0.2, -0.15) is 0 Å². The molecule has 1 aromatic rings. The average Bonchev–Trinajstić information content (AvgIpc) is 2.43. The highest BCUT2D eigenvalue weighted by Gasteiger charge is 2.24. The molecule has 0 unspecified atom stereocenters. The van der Waals surface area contributed by atoms with E-state index in [4.69, 9.17) is 14.2 Å². The van der Waals surface area contributed by atoms with E-state index >= 15 is 0 Å². The van der Waals surface area contributed by atoms with Crippen molar-refractivity contribution in [2.45, 2.75) is 26.1 Å². The van der Waals surface area contributed by atoms with Gasteiger partial charge in [0.25, 0.3) is 0 Å². The molecule has 0 spiro atoms. The number of halogens is 1. The van der Waals surface area contributed by atoms with Crippen LogP contribution in [0.3, 0.4) is 0 Å². The van der Waals surface area contributed by atoms with E-state index < -0.39 is 0 Å². The largest absolute Gasteiger partial charge is 0.488 e. The van der Waals surface area contributed by atoms with E-state index in [1.54, 1.807) is 18.2 Å². The van der Waals surface area contributed by atoms with Crippen LogP contribution in [0.25, 0.3) is 0 Å². The molecule has 1 saturated heterocycles. The lowest BCUT2D eigenvalue weighted by molar-refractivity contribution is -0.915. The second kappa shape index (κ2) is 8.32. The number of hydrogen-bond acceptors (Lipinski definition) is 3. The van der Waals surface area contributed by atoms with Gasteiger partial charge in [0.15, 0.2) is 11.6 Å². The van der Waals surface area contributed by atoms with Gasteiger partial charge in [0.05, 0.1) is 13.2 Å². The van der Waals surface area contributed by atoms with Crippen LogP contribution < -0.4 is 9.64 Å². The zero-order valence-corrected chi connectivity index (χ0v) is 12.8. The predicted molar refractivity (Wildman–Crippen MR) is 78.3 cm³/mol. The Balaban J connectivity index is 1.55. The molecule has 5 heteroatoms. The Morgan fingerprint density at radius 2 is 1.86 bits per heavy atom. The summed E-state index contributed by atoms with van der Waals surface area (Å²) in [4.78, 5) is 1.51. The van der Waals surface area contributed by atoms with Gasteiger partial charge in [0.2, 0.25) is 0 Å². The van der Waals surface area contributed by atoms with Gasteiger partial charge in [-0.3, -0.25) is 0 Å². The SMILES string of the molecule is C[C@@H]1C[NH+](CCOCCOc2ccccc2F)C[C@@H](C)O1. The molecule has 0 radical (unpaired) electrons. The van der Waals surface area contributed by atoms with Crippen LogP contribution in [0.1, 0.15) is 13.8 Å². The minimum absolute atomic E-state index is 0.280. The lowest BCUT2D eigenvalue weighted by Gasteiger charge is -2.32.